The van der Waals surface area contributed by atoms with Gasteiger partial charge in [-0.15, -0.1) is 11.3 Å². The maximum atomic E-state index is 12.0. The molecule has 1 aliphatic heterocycles. The Hall–Kier alpha value is -0.0400. The lowest BCUT2D eigenvalue weighted by molar-refractivity contribution is 0.445. The lowest BCUT2D eigenvalue weighted by atomic mass is 10.6. The summed E-state index contributed by atoms with van der Waals surface area (Å²) in [6.45, 7) is 1.29. The van der Waals surface area contributed by atoms with E-state index in [1.165, 1.54) is 11.3 Å². The SMILES string of the molecule is O=S(=O)(c1cccs1)N1CCSCC1. The maximum absolute atomic E-state index is 12.0. The number of sulfonamides is 1. The van der Waals surface area contributed by atoms with Crippen LogP contribution in [0.4, 0.5) is 0 Å². The van der Waals surface area contributed by atoms with E-state index in [2.05, 4.69) is 0 Å². The molecule has 1 aromatic heterocycles. The molecule has 0 radical (unpaired) electrons. The average molecular weight is 249 g/mol. The van der Waals surface area contributed by atoms with Gasteiger partial charge in [-0.1, -0.05) is 6.07 Å². The molecule has 14 heavy (non-hydrogen) atoms. The fourth-order valence-corrected chi connectivity index (χ4v) is 5.04. The summed E-state index contributed by atoms with van der Waals surface area (Å²) in [7, 11) is -3.18. The Morgan fingerprint density at radius 3 is 2.57 bits per heavy atom. The van der Waals surface area contributed by atoms with Crippen molar-refractivity contribution in [3.05, 3.63) is 17.5 Å². The van der Waals surface area contributed by atoms with E-state index in [0.29, 0.717) is 17.3 Å². The Balaban J connectivity index is 2.23. The number of nitrogens with zero attached hydrogens (tertiary/aromatic N) is 1. The van der Waals surface area contributed by atoms with E-state index < -0.39 is 10.0 Å². The Labute approximate surface area is 92.2 Å². The fourth-order valence-electron chi connectivity index (χ4n) is 1.32. The van der Waals surface area contributed by atoms with E-state index in [1.54, 1.807) is 21.8 Å². The molecule has 0 aliphatic carbocycles. The molecule has 2 heterocycles. The van der Waals surface area contributed by atoms with Crippen LogP contribution in [0.25, 0.3) is 0 Å². The zero-order valence-electron chi connectivity index (χ0n) is 7.55. The van der Waals surface area contributed by atoms with Crippen LogP contribution in [-0.2, 0) is 10.0 Å². The van der Waals surface area contributed by atoms with E-state index in [1.807, 2.05) is 11.8 Å². The van der Waals surface area contributed by atoms with Gasteiger partial charge in [-0.2, -0.15) is 16.1 Å². The lowest BCUT2D eigenvalue weighted by Crippen LogP contribution is -2.37. The van der Waals surface area contributed by atoms with E-state index in [4.69, 9.17) is 0 Å². The van der Waals surface area contributed by atoms with Gasteiger partial charge in [-0.05, 0) is 11.4 Å². The fraction of sp³-hybridized carbons (Fsp3) is 0.500. The molecular weight excluding hydrogens is 238 g/mol. The molecule has 0 saturated carbocycles. The van der Waals surface area contributed by atoms with Crippen LogP contribution in [0.2, 0.25) is 0 Å². The molecule has 6 heteroatoms. The zero-order valence-corrected chi connectivity index (χ0v) is 10.00. The van der Waals surface area contributed by atoms with Gasteiger partial charge in [0.15, 0.2) is 0 Å². The third-order valence-electron chi connectivity index (χ3n) is 2.06. The standard InChI is InChI=1S/C8H11NO2S3/c10-14(11,8-2-1-5-13-8)9-3-6-12-7-4-9/h1-2,5H,3-4,6-7H2. The summed E-state index contributed by atoms with van der Waals surface area (Å²) in [4.78, 5) is 0. The predicted molar refractivity (Wildman–Crippen MR) is 60.4 cm³/mol. The van der Waals surface area contributed by atoms with Crippen molar-refractivity contribution in [1.82, 2.24) is 4.31 Å². The zero-order chi connectivity index (χ0) is 10.0. The summed E-state index contributed by atoms with van der Waals surface area (Å²) < 4.78 is 26.0. The van der Waals surface area contributed by atoms with Crippen molar-refractivity contribution in [1.29, 1.82) is 0 Å². The van der Waals surface area contributed by atoms with E-state index in [9.17, 15) is 8.42 Å². The van der Waals surface area contributed by atoms with Gasteiger partial charge < -0.3 is 0 Å². The van der Waals surface area contributed by atoms with Crippen molar-refractivity contribution >= 4 is 33.1 Å². The van der Waals surface area contributed by atoms with E-state index in [0.717, 1.165) is 11.5 Å². The molecule has 1 fully saturated rings. The number of rotatable bonds is 2. The Kier molecular flexibility index (Phi) is 3.16. The van der Waals surface area contributed by atoms with Gasteiger partial charge in [0.25, 0.3) is 10.0 Å². The van der Waals surface area contributed by atoms with Crippen molar-refractivity contribution in [2.45, 2.75) is 4.21 Å². The Bertz CT molecular complexity index is 379. The molecular formula is C8H11NO2S3. The second kappa shape index (κ2) is 4.22. The minimum absolute atomic E-state index is 0.462. The molecule has 3 nitrogen and oxygen atoms in total. The highest BCUT2D eigenvalue weighted by atomic mass is 32.2. The molecule has 0 spiro atoms. The first-order chi connectivity index (χ1) is 6.71. The van der Waals surface area contributed by atoms with Crippen LogP contribution < -0.4 is 0 Å². The van der Waals surface area contributed by atoms with Crippen LogP contribution in [0.5, 0.6) is 0 Å². The highest BCUT2D eigenvalue weighted by molar-refractivity contribution is 7.99. The van der Waals surface area contributed by atoms with Crippen LogP contribution >= 0.6 is 23.1 Å². The van der Waals surface area contributed by atoms with E-state index in [-0.39, 0.29) is 0 Å². The van der Waals surface area contributed by atoms with Gasteiger partial charge in [-0.3, -0.25) is 0 Å². The first kappa shape index (κ1) is 10.5. The molecule has 0 N–H and O–H groups in total. The minimum Gasteiger partial charge on any atom is -0.206 e. The molecule has 1 aliphatic rings. The lowest BCUT2D eigenvalue weighted by Gasteiger charge is -2.24. The molecule has 2 rings (SSSR count). The van der Waals surface area contributed by atoms with Crippen molar-refractivity contribution in [2.24, 2.45) is 0 Å². The summed E-state index contributed by atoms with van der Waals surface area (Å²) in [6, 6.07) is 3.44. The van der Waals surface area contributed by atoms with Crippen molar-refractivity contribution in [2.75, 3.05) is 24.6 Å². The van der Waals surface area contributed by atoms with Crippen LogP contribution in [0.1, 0.15) is 0 Å². The molecule has 0 bridgehead atoms. The Morgan fingerprint density at radius 2 is 2.00 bits per heavy atom. The molecule has 0 amide bonds. The van der Waals surface area contributed by atoms with Crippen LogP contribution in [0.3, 0.4) is 0 Å². The van der Waals surface area contributed by atoms with Gasteiger partial charge >= 0.3 is 0 Å². The number of thioether (sulfide) groups is 1. The number of hydrogen-bond acceptors (Lipinski definition) is 4. The summed E-state index contributed by atoms with van der Waals surface area (Å²) in [5.74, 6) is 1.81. The highest BCUT2D eigenvalue weighted by Crippen LogP contribution is 2.23. The molecule has 1 aromatic rings. The summed E-state index contributed by atoms with van der Waals surface area (Å²) in [5, 5.41) is 1.80. The molecule has 0 unspecified atom stereocenters. The minimum atomic E-state index is -3.18. The summed E-state index contributed by atoms with van der Waals surface area (Å²) in [6.07, 6.45) is 0. The molecule has 1 saturated heterocycles. The smallest absolute Gasteiger partial charge is 0.206 e. The van der Waals surface area contributed by atoms with Crippen LogP contribution in [0.15, 0.2) is 21.7 Å². The highest BCUT2D eigenvalue weighted by Gasteiger charge is 2.26. The van der Waals surface area contributed by atoms with Crippen molar-refractivity contribution in [3.63, 3.8) is 0 Å². The van der Waals surface area contributed by atoms with Gasteiger partial charge in [0.2, 0.25) is 0 Å². The van der Waals surface area contributed by atoms with Gasteiger partial charge in [0.05, 0.1) is 0 Å². The first-order valence-corrected chi connectivity index (χ1v) is 7.80. The summed E-state index contributed by atoms with van der Waals surface area (Å²) in [5.41, 5.74) is 0. The quantitative estimate of drug-likeness (QED) is 0.797. The molecule has 78 valence electrons. The summed E-state index contributed by atoms with van der Waals surface area (Å²) >= 11 is 3.10. The third-order valence-corrected chi connectivity index (χ3v) is 6.27. The number of thiophene rings is 1. The normalized spacial score (nSPS) is 19.7. The third kappa shape index (κ3) is 1.98. The second-order valence-electron chi connectivity index (χ2n) is 2.95. The first-order valence-electron chi connectivity index (χ1n) is 4.33. The predicted octanol–water partition coefficient (Wildman–Crippen LogP) is 1.49. The maximum Gasteiger partial charge on any atom is 0.252 e. The van der Waals surface area contributed by atoms with Crippen LogP contribution in [-0.4, -0.2) is 37.3 Å². The van der Waals surface area contributed by atoms with E-state index >= 15 is 0 Å². The van der Waals surface area contributed by atoms with Crippen molar-refractivity contribution in [3.8, 4) is 0 Å². The largest absolute Gasteiger partial charge is 0.252 e. The topological polar surface area (TPSA) is 37.4 Å². The number of hydrogen-bond donors (Lipinski definition) is 0. The molecule has 0 aromatic carbocycles. The van der Waals surface area contributed by atoms with Gasteiger partial charge in [0.1, 0.15) is 4.21 Å². The second-order valence-corrected chi connectivity index (χ2v) is 7.29. The van der Waals surface area contributed by atoms with Crippen LogP contribution in [0, 0.1) is 0 Å². The Morgan fingerprint density at radius 1 is 1.29 bits per heavy atom. The van der Waals surface area contributed by atoms with Gasteiger partial charge in [0, 0.05) is 24.6 Å². The van der Waals surface area contributed by atoms with Gasteiger partial charge in [-0.25, -0.2) is 8.42 Å². The average Bonchev–Trinajstić information content (AvgIpc) is 2.72. The molecule has 0 atom stereocenters. The van der Waals surface area contributed by atoms with Crippen molar-refractivity contribution < 1.29 is 8.42 Å². The monoisotopic (exact) mass is 249 g/mol.